The summed E-state index contributed by atoms with van der Waals surface area (Å²) in [5.74, 6) is 2.51. The van der Waals surface area contributed by atoms with Gasteiger partial charge in [-0.15, -0.1) is 0 Å². The van der Waals surface area contributed by atoms with Gasteiger partial charge < -0.3 is 10.3 Å². The van der Waals surface area contributed by atoms with Crippen LogP contribution in [0, 0.1) is 5.92 Å². The first-order chi connectivity index (χ1) is 18.1. The minimum absolute atomic E-state index is 0.528. The number of hydrogen-bond acceptors (Lipinski definition) is 6. The minimum atomic E-state index is 0.528. The first-order valence-corrected chi connectivity index (χ1v) is 14.7. The number of pyridine rings is 1. The number of aryl methyl sites for hydroxylation is 2. The lowest BCUT2D eigenvalue weighted by Crippen LogP contribution is -2.35. The topological polar surface area (TPSA) is 81.2 Å². The van der Waals surface area contributed by atoms with Gasteiger partial charge in [0.25, 0.3) is 0 Å². The van der Waals surface area contributed by atoms with Crippen molar-refractivity contribution in [1.29, 1.82) is 0 Å². The third-order valence-corrected chi connectivity index (χ3v) is 7.96. The number of nitrogens with one attached hydrogen (secondary N) is 1. The molecule has 0 radical (unpaired) electrons. The van der Waals surface area contributed by atoms with E-state index in [2.05, 4.69) is 40.8 Å². The molecule has 1 aliphatic carbocycles. The molecule has 3 N–H and O–H groups in total. The van der Waals surface area contributed by atoms with Gasteiger partial charge in [-0.2, -0.15) is 5.06 Å². The molecule has 2 unspecified atom stereocenters. The molecule has 1 saturated carbocycles. The number of aromatic nitrogens is 3. The van der Waals surface area contributed by atoms with Crippen LogP contribution in [0.1, 0.15) is 90.3 Å². The van der Waals surface area contributed by atoms with Gasteiger partial charge in [-0.1, -0.05) is 64.2 Å². The molecule has 0 bridgehead atoms. The highest BCUT2D eigenvalue weighted by Gasteiger charge is 2.17. The van der Waals surface area contributed by atoms with Crippen molar-refractivity contribution >= 4 is 27.8 Å². The van der Waals surface area contributed by atoms with Crippen LogP contribution >= 0.6 is 0 Å². The van der Waals surface area contributed by atoms with E-state index in [0.29, 0.717) is 18.6 Å². The number of nitrogens with zero attached hydrogens (tertiary/aromatic N) is 4. The first-order valence-electron chi connectivity index (χ1n) is 14.7. The van der Waals surface area contributed by atoms with Gasteiger partial charge in [-0.25, -0.2) is 9.97 Å². The Kier molecular flexibility index (Phi) is 10.6. The second-order valence-electron chi connectivity index (χ2n) is 11.0. The third-order valence-electron chi connectivity index (χ3n) is 7.96. The van der Waals surface area contributed by atoms with Crippen LogP contribution in [0.2, 0.25) is 0 Å². The molecule has 37 heavy (non-hydrogen) atoms. The second-order valence-corrected chi connectivity index (χ2v) is 11.0. The van der Waals surface area contributed by atoms with Gasteiger partial charge in [0.1, 0.15) is 18.1 Å². The summed E-state index contributed by atoms with van der Waals surface area (Å²) in [6.45, 7) is 7.06. The zero-order chi connectivity index (χ0) is 26.0. The van der Waals surface area contributed by atoms with Crippen molar-refractivity contribution in [1.82, 2.24) is 24.9 Å². The fourth-order valence-electron chi connectivity index (χ4n) is 5.64. The molecule has 1 aliphatic rings. The van der Waals surface area contributed by atoms with Gasteiger partial charge in [0.15, 0.2) is 5.82 Å². The van der Waals surface area contributed by atoms with Crippen molar-refractivity contribution in [3.63, 3.8) is 0 Å². The van der Waals surface area contributed by atoms with E-state index < -0.39 is 0 Å². The molecule has 3 aromatic rings. The molecule has 0 spiro atoms. The first kappa shape index (κ1) is 27.8. The Morgan fingerprint density at radius 3 is 2.76 bits per heavy atom. The highest BCUT2D eigenvalue weighted by Crippen LogP contribution is 2.29. The van der Waals surface area contributed by atoms with Crippen molar-refractivity contribution in [2.45, 2.75) is 103 Å². The zero-order valence-corrected chi connectivity index (χ0v) is 23.3. The molecule has 0 aliphatic heterocycles. The Bertz CT molecular complexity index is 1110. The maximum absolute atomic E-state index is 6.34. The molecule has 1 aromatic carbocycles. The molecule has 2 atom stereocenters. The van der Waals surface area contributed by atoms with E-state index >= 15 is 0 Å². The van der Waals surface area contributed by atoms with Crippen molar-refractivity contribution in [2.24, 2.45) is 5.92 Å². The van der Waals surface area contributed by atoms with Crippen LogP contribution in [-0.2, 0) is 17.8 Å². The number of nitrogens with two attached hydrogens (primary N) is 1. The van der Waals surface area contributed by atoms with Crippen LogP contribution in [0.25, 0.3) is 21.9 Å². The van der Waals surface area contributed by atoms with Crippen LogP contribution in [0.15, 0.2) is 24.3 Å². The summed E-state index contributed by atoms with van der Waals surface area (Å²) >= 11 is 0. The largest absolute Gasteiger partial charge is 0.382 e. The number of para-hydroxylation sites is 1. The van der Waals surface area contributed by atoms with Crippen LogP contribution in [0.4, 0.5) is 5.82 Å². The van der Waals surface area contributed by atoms with E-state index in [1.165, 1.54) is 44.9 Å². The van der Waals surface area contributed by atoms with Gasteiger partial charge in [-0.3, -0.25) is 10.2 Å². The van der Waals surface area contributed by atoms with Crippen molar-refractivity contribution in [2.75, 3.05) is 26.1 Å². The Morgan fingerprint density at radius 1 is 1.05 bits per heavy atom. The van der Waals surface area contributed by atoms with Crippen LogP contribution in [0.3, 0.4) is 0 Å². The second kappa shape index (κ2) is 14.1. The maximum Gasteiger partial charge on any atom is 0.152 e. The number of hydrogen-bond donors (Lipinski definition) is 2. The lowest BCUT2D eigenvalue weighted by Gasteiger charge is -2.22. The number of anilines is 1. The molecular formula is C30H48N6O. The Labute approximate surface area is 223 Å². The Balaban J connectivity index is 1.30. The standard InChI is InChI=1S/C30H48N6O/c1-4-5-17-27-34-28-29(25-15-9-10-16-26(25)33-30(28)31)36(27)21-12-11-20-35(3)37-22-32-24-14-8-6-7-13-23(2)18-19-24/h9-10,15-16,23-24,32H,4-8,11-14,17-22H2,1-3H3,(H2,31,33). The van der Waals surface area contributed by atoms with Gasteiger partial charge in [-0.05, 0) is 50.5 Å². The molecule has 7 nitrogen and oxygen atoms in total. The summed E-state index contributed by atoms with van der Waals surface area (Å²) in [5.41, 5.74) is 9.25. The lowest BCUT2D eigenvalue weighted by molar-refractivity contribution is -0.149. The molecule has 4 rings (SSSR count). The fraction of sp³-hybridized carbons (Fsp3) is 0.667. The molecule has 2 aromatic heterocycles. The smallest absolute Gasteiger partial charge is 0.152 e. The SMILES string of the molecule is CCCCc1nc2c(N)nc3ccccc3c2n1CCCCN(C)OCNC1CCCCCC(C)CC1. The highest BCUT2D eigenvalue weighted by atomic mass is 16.7. The summed E-state index contributed by atoms with van der Waals surface area (Å²) in [4.78, 5) is 15.6. The number of rotatable bonds is 12. The molecule has 204 valence electrons. The number of fused-ring (bicyclic) bond motifs is 3. The van der Waals surface area contributed by atoms with E-state index in [9.17, 15) is 0 Å². The molecule has 2 heterocycles. The van der Waals surface area contributed by atoms with E-state index in [-0.39, 0.29) is 0 Å². The van der Waals surface area contributed by atoms with Crippen molar-refractivity contribution in [3.8, 4) is 0 Å². The maximum atomic E-state index is 6.34. The zero-order valence-electron chi connectivity index (χ0n) is 23.3. The molecule has 7 heteroatoms. The third kappa shape index (κ3) is 7.65. The quantitative estimate of drug-likeness (QED) is 0.166. The number of unbranched alkanes of at least 4 members (excludes halogenated alkanes) is 2. The average Bonchev–Trinajstić information content (AvgIpc) is 3.30. The number of nitrogen functional groups attached to an aromatic ring is 1. The number of benzene rings is 1. The summed E-state index contributed by atoms with van der Waals surface area (Å²) in [5, 5.41) is 6.78. The van der Waals surface area contributed by atoms with E-state index in [1.54, 1.807) is 0 Å². The number of hydroxylamine groups is 2. The van der Waals surface area contributed by atoms with Crippen LogP contribution in [-0.4, -0.2) is 46.0 Å². The average molecular weight is 509 g/mol. The molecule has 1 fully saturated rings. The monoisotopic (exact) mass is 508 g/mol. The van der Waals surface area contributed by atoms with Gasteiger partial charge in [0, 0.05) is 38.0 Å². The Hall–Kier alpha value is -2.22. The molecular weight excluding hydrogens is 460 g/mol. The van der Waals surface area contributed by atoms with E-state index in [1.807, 2.05) is 24.2 Å². The van der Waals surface area contributed by atoms with Crippen LogP contribution in [0.5, 0.6) is 0 Å². The van der Waals surface area contributed by atoms with Crippen molar-refractivity contribution < 1.29 is 4.84 Å². The Morgan fingerprint density at radius 2 is 1.89 bits per heavy atom. The van der Waals surface area contributed by atoms with Gasteiger partial charge in [0.05, 0.1) is 11.0 Å². The summed E-state index contributed by atoms with van der Waals surface area (Å²) in [6, 6.07) is 8.85. The lowest BCUT2D eigenvalue weighted by atomic mass is 9.98. The summed E-state index contributed by atoms with van der Waals surface area (Å²) in [6.07, 6.45) is 14.7. The summed E-state index contributed by atoms with van der Waals surface area (Å²) < 4.78 is 2.39. The fourth-order valence-corrected chi connectivity index (χ4v) is 5.64. The highest BCUT2D eigenvalue weighted by molar-refractivity contribution is 6.06. The predicted molar refractivity (Wildman–Crippen MR) is 154 cm³/mol. The van der Waals surface area contributed by atoms with Crippen molar-refractivity contribution in [3.05, 3.63) is 30.1 Å². The van der Waals surface area contributed by atoms with Gasteiger partial charge in [0.2, 0.25) is 0 Å². The van der Waals surface area contributed by atoms with Crippen LogP contribution < -0.4 is 11.1 Å². The van der Waals surface area contributed by atoms with E-state index in [4.69, 9.17) is 15.6 Å². The molecule has 0 saturated heterocycles. The summed E-state index contributed by atoms with van der Waals surface area (Å²) in [7, 11) is 2.05. The number of imidazole rings is 1. The van der Waals surface area contributed by atoms with E-state index in [0.717, 1.165) is 78.9 Å². The normalized spacial score (nSPS) is 19.4. The minimum Gasteiger partial charge on any atom is -0.382 e. The van der Waals surface area contributed by atoms with Gasteiger partial charge >= 0.3 is 0 Å². The predicted octanol–water partition coefficient (Wildman–Crippen LogP) is 6.45. The molecule has 0 amide bonds.